The third-order valence-corrected chi connectivity index (χ3v) is 5.68. The van der Waals surface area contributed by atoms with E-state index in [2.05, 4.69) is 25.9 Å². The Labute approximate surface area is 196 Å². The van der Waals surface area contributed by atoms with Gasteiger partial charge in [-0.1, -0.05) is 31.0 Å². The number of aromatic nitrogens is 2. The summed E-state index contributed by atoms with van der Waals surface area (Å²) >= 11 is 0. The van der Waals surface area contributed by atoms with Crippen LogP contribution in [-0.4, -0.2) is 33.9 Å². The van der Waals surface area contributed by atoms with E-state index in [1.54, 1.807) is 30.3 Å². The van der Waals surface area contributed by atoms with E-state index in [4.69, 9.17) is 11.5 Å². The second-order valence-corrected chi connectivity index (χ2v) is 8.19. The number of rotatable bonds is 7. The first-order valence-corrected chi connectivity index (χ1v) is 11.0. The zero-order valence-electron chi connectivity index (χ0n) is 18.4. The molecule has 0 spiro atoms. The number of nitrogens with two attached hydrogens (primary N) is 2. The van der Waals surface area contributed by atoms with E-state index in [0.717, 1.165) is 31.7 Å². The molecule has 1 aliphatic carbocycles. The predicted octanol–water partition coefficient (Wildman–Crippen LogP) is 3.39. The molecule has 7 N–H and O–H groups in total. The van der Waals surface area contributed by atoms with Crippen molar-refractivity contribution in [2.24, 2.45) is 11.5 Å². The number of nitrogens with one attached hydrogen (secondary N) is 3. The van der Waals surface area contributed by atoms with Crippen LogP contribution in [-0.2, 0) is 0 Å². The minimum atomic E-state index is -0.837. The normalized spacial score (nSPS) is 17.6. The molecule has 0 saturated heterocycles. The van der Waals surface area contributed by atoms with Crippen molar-refractivity contribution in [2.75, 3.05) is 16.0 Å². The van der Waals surface area contributed by atoms with Crippen molar-refractivity contribution in [3.63, 3.8) is 0 Å². The maximum absolute atomic E-state index is 14.7. The average Bonchev–Trinajstić information content (AvgIpc) is 2.83. The monoisotopic (exact) mass is 463 g/mol. The topological polar surface area (TPSA) is 148 Å². The largest absolute Gasteiger partial charge is 0.365 e. The number of carbonyl (C=O) groups excluding carboxylic acids is 2. The highest BCUT2D eigenvalue weighted by Crippen LogP contribution is 2.27. The summed E-state index contributed by atoms with van der Waals surface area (Å²) in [4.78, 5) is 32.8. The van der Waals surface area contributed by atoms with Crippen LogP contribution in [0.25, 0.3) is 0 Å². The van der Waals surface area contributed by atoms with Gasteiger partial charge < -0.3 is 27.4 Å². The Hall–Kier alpha value is -4.05. The van der Waals surface area contributed by atoms with Crippen LogP contribution in [0.4, 0.5) is 27.4 Å². The van der Waals surface area contributed by atoms with Gasteiger partial charge in [0, 0.05) is 17.6 Å². The fourth-order valence-electron chi connectivity index (χ4n) is 3.89. The van der Waals surface area contributed by atoms with Crippen LogP contribution in [0, 0.1) is 5.82 Å². The Morgan fingerprint density at radius 1 is 1.00 bits per heavy atom. The molecule has 0 radical (unpaired) electrons. The number of halogens is 1. The van der Waals surface area contributed by atoms with Crippen molar-refractivity contribution in [3.05, 3.63) is 71.8 Å². The summed E-state index contributed by atoms with van der Waals surface area (Å²) in [6.07, 6.45) is 6.64. The highest BCUT2D eigenvalue weighted by Gasteiger charge is 2.24. The van der Waals surface area contributed by atoms with Crippen molar-refractivity contribution >= 4 is 34.8 Å². The lowest BCUT2D eigenvalue weighted by Gasteiger charge is -2.30. The van der Waals surface area contributed by atoms with Gasteiger partial charge in [-0.3, -0.25) is 14.6 Å². The van der Waals surface area contributed by atoms with Crippen molar-refractivity contribution in [2.45, 2.75) is 37.8 Å². The van der Waals surface area contributed by atoms with Gasteiger partial charge >= 0.3 is 0 Å². The van der Waals surface area contributed by atoms with E-state index in [0.29, 0.717) is 16.9 Å². The maximum Gasteiger partial charge on any atom is 0.255 e. The van der Waals surface area contributed by atoms with Gasteiger partial charge in [0.1, 0.15) is 5.82 Å². The molecule has 10 heteroatoms. The van der Waals surface area contributed by atoms with Crippen LogP contribution < -0.4 is 27.4 Å². The van der Waals surface area contributed by atoms with Crippen LogP contribution in [0.2, 0.25) is 0 Å². The molecular formula is C24H26FN7O2. The Balaban J connectivity index is 1.57. The first kappa shape index (κ1) is 23.1. The Kier molecular flexibility index (Phi) is 6.98. The molecule has 1 aliphatic rings. The third-order valence-electron chi connectivity index (χ3n) is 5.68. The fraction of sp³-hybridized carbons (Fsp3) is 0.250. The minimum absolute atomic E-state index is 0.0173. The molecule has 1 aromatic carbocycles. The standard InChI is InChI=1S/C24H26FN7O2/c25-18-11-17(21(27)33)22(32-23(18)31-20-9-5-4-8-19(20)26)29-15-10-16(13-28-12-15)30-24(34)14-6-2-1-3-7-14/h1-3,6-7,10-13,19-20H,4-5,8-9,26H2,(H2,27,33)(H,30,34)(H2,29,31,32)/t19-,20?/m0/s1. The van der Waals surface area contributed by atoms with Crippen molar-refractivity contribution in [3.8, 4) is 0 Å². The van der Waals surface area contributed by atoms with Gasteiger partial charge in [0.2, 0.25) is 0 Å². The molecule has 0 bridgehead atoms. The lowest BCUT2D eigenvalue weighted by Crippen LogP contribution is -2.43. The van der Waals surface area contributed by atoms with E-state index in [1.165, 1.54) is 12.4 Å². The molecule has 34 heavy (non-hydrogen) atoms. The number of hydrogen-bond acceptors (Lipinski definition) is 7. The van der Waals surface area contributed by atoms with Crippen LogP contribution in [0.3, 0.4) is 0 Å². The van der Waals surface area contributed by atoms with Crippen molar-refractivity contribution in [1.82, 2.24) is 9.97 Å². The average molecular weight is 464 g/mol. The van der Waals surface area contributed by atoms with Crippen LogP contribution >= 0.6 is 0 Å². The quantitative estimate of drug-likeness (QED) is 0.361. The van der Waals surface area contributed by atoms with Crippen molar-refractivity contribution in [1.29, 1.82) is 0 Å². The van der Waals surface area contributed by atoms with Gasteiger partial charge in [-0.05, 0) is 37.1 Å². The fourth-order valence-corrected chi connectivity index (χ4v) is 3.89. The zero-order chi connectivity index (χ0) is 24.1. The molecule has 1 unspecified atom stereocenters. The van der Waals surface area contributed by atoms with Gasteiger partial charge in [0.15, 0.2) is 11.6 Å². The molecule has 2 amide bonds. The molecule has 2 aromatic heterocycles. The van der Waals surface area contributed by atoms with Gasteiger partial charge in [-0.15, -0.1) is 0 Å². The van der Waals surface area contributed by atoms with E-state index >= 15 is 0 Å². The number of anilines is 4. The molecule has 176 valence electrons. The molecule has 1 saturated carbocycles. The molecule has 2 atom stereocenters. The first-order valence-electron chi connectivity index (χ1n) is 11.0. The highest BCUT2D eigenvalue weighted by molar-refractivity contribution is 6.04. The van der Waals surface area contributed by atoms with Gasteiger partial charge in [-0.2, -0.15) is 0 Å². The summed E-state index contributed by atoms with van der Waals surface area (Å²) in [7, 11) is 0. The molecular weight excluding hydrogens is 437 g/mol. The van der Waals surface area contributed by atoms with Gasteiger partial charge in [0.25, 0.3) is 11.8 Å². The predicted molar refractivity (Wildman–Crippen MR) is 128 cm³/mol. The molecule has 3 aromatic rings. The summed E-state index contributed by atoms with van der Waals surface area (Å²) < 4.78 is 14.7. The van der Waals surface area contributed by atoms with Crippen LogP contribution in [0.5, 0.6) is 0 Å². The number of pyridine rings is 2. The summed E-state index contributed by atoms with van der Waals surface area (Å²) in [6, 6.07) is 11.2. The number of hydrogen-bond donors (Lipinski definition) is 5. The zero-order valence-corrected chi connectivity index (χ0v) is 18.4. The lowest BCUT2D eigenvalue weighted by atomic mass is 9.91. The Morgan fingerprint density at radius 2 is 1.74 bits per heavy atom. The molecule has 1 fully saturated rings. The number of amides is 2. The minimum Gasteiger partial charge on any atom is -0.365 e. The summed E-state index contributed by atoms with van der Waals surface area (Å²) in [5.74, 6) is -1.78. The molecule has 2 heterocycles. The maximum atomic E-state index is 14.7. The number of carbonyl (C=O) groups is 2. The van der Waals surface area contributed by atoms with E-state index in [-0.39, 0.29) is 35.2 Å². The van der Waals surface area contributed by atoms with E-state index < -0.39 is 11.7 Å². The number of benzene rings is 1. The molecule has 9 nitrogen and oxygen atoms in total. The van der Waals surface area contributed by atoms with Gasteiger partial charge in [0.05, 0.1) is 29.3 Å². The van der Waals surface area contributed by atoms with Crippen molar-refractivity contribution < 1.29 is 14.0 Å². The van der Waals surface area contributed by atoms with Crippen LogP contribution in [0.15, 0.2) is 54.9 Å². The van der Waals surface area contributed by atoms with E-state index in [9.17, 15) is 14.0 Å². The first-order chi connectivity index (χ1) is 16.4. The van der Waals surface area contributed by atoms with E-state index in [1.807, 2.05) is 6.07 Å². The summed E-state index contributed by atoms with van der Waals surface area (Å²) in [5.41, 5.74) is 12.9. The summed E-state index contributed by atoms with van der Waals surface area (Å²) in [5, 5.41) is 8.79. The Bertz CT molecular complexity index is 1190. The smallest absolute Gasteiger partial charge is 0.255 e. The second-order valence-electron chi connectivity index (χ2n) is 8.19. The lowest BCUT2D eigenvalue weighted by molar-refractivity contribution is 0.0997. The number of nitrogens with zero attached hydrogens (tertiary/aromatic N) is 2. The highest BCUT2D eigenvalue weighted by atomic mass is 19.1. The van der Waals surface area contributed by atoms with Gasteiger partial charge in [-0.25, -0.2) is 9.37 Å². The molecule has 0 aliphatic heterocycles. The third kappa shape index (κ3) is 5.46. The summed E-state index contributed by atoms with van der Waals surface area (Å²) in [6.45, 7) is 0. The SMILES string of the molecule is NC(=O)c1cc(F)c(NC2CCCC[C@@H]2N)nc1Nc1cncc(NC(=O)c2ccccc2)c1. The molecule has 4 rings (SSSR count). The Morgan fingerprint density at radius 3 is 2.47 bits per heavy atom. The number of primary amides is 1. The second kappa shape index (κ2) is 10.3. The van der Waals surface area contributed by atoms with Crippen LogP contribution in [0.1, 0.15) is 46.4 Å².